The minimum Gasteiger partial charge on any atom is -0.487 e. The van der Waals surface area contributed by atoms with E-state index in [0.717, 1.165) is 41.7 Å². The lowest BCUT2D eigenvalue weighted by atomic mass is 9.76. The van der Waals surface area contributed by atoms with E-state index < -0.39 is 0 Å². The molecule has 0 aromatic heterocycles. The van der Waals surface area contributed by atoms with E-state index in [1.165, 1.54) is 0 Å². The van der Waals surface area contributed by atoms with Gasteiger partial charge in [0.1, 0.15) is 11.4 Å². The summed E-state index contributed by atoms with van der Waals surface area (Å²) in [6.07, 6.45) is 2.87. The number of hydrogen-bond acceptors (Lipinski definition) is 3. The molecule has 30 heavy (non-hydrogen) atoms. The average Bonchev–Trinajstić information content (AvgIpc) is 2.73. The van der Waals surface area contributed by atoms with Crippen LogP contribution in [-0.4, -0.2) is 54.4 Å². The summed E-state index contributed by atoms with van der Waals surface area (Å²) in [6.45, 7) is 3.34. The largest absolute Gasteiger partial charge is 0.487 e. The highest BCUT2D eigenvalue weighted by Crippen LogP contribution is 2.46. The Hall–Kier alpha value is -2.82. The van der Waals surface area contributed by atoms with Gasteiger partial charge >= 0.3 is 0 Å². The van der Waals surface area contributed by atoms with Crippen LogP contribution < -0.4 is 4.74 Å². The summed E-state index contributed by atoms with van der Waals surface area (Å²) in [6, 6.07) is 15.8. The van der Waals surface area contributed by atoms with Crippen LogP contribution in [0.1, 0.15) is 53.1 Å². The number of fused-ring (bicyclic) bond motifs is 1. The number of hydrogen-bond donors (Lipinski definition) is 0. The van der Waals surface area contributed by atoms with Crippen LogP contribution in [0, 0.1) is 6.92 Å². The van der Waals surface area contributed by atoms with Crippen LogP contribution in [-0.2, 0) is 4.79 Å². The lowest BCUT2D eigenvalue weighted by molar-refractivity contribution is -0.129. The number of nitrogens with zero attached hydrogens (tertiary/aromatic N) is 2. The van der Waals surface area contributed by atoms with E-state index in [4.69, 9.17) is 4.74 Å². The van der Waals surface area contributed by atoms with Crippen molar-refractivity contribution >= 4 is 11.8 Å². The monoisotopic (exact) mass is 406 g/mol. The molecule has 5 heteroatoms. The zero-order valence-corrected chi connectivity index (χ0v) is 18.1. The predicted molar refractivity (Wildman–Crippen MR) is 117 cm³/mol. The summed E-state index contributed by atoms with van der Waals surface area (Å²) in [5, 5.41) is 0. The first-order valence-electron chi connectivity index (χ1n) is 10.7. The van der Waals surface area contributed by atoms with Crippen molar-refractivity contribution in [3.8, 4) is 5.75 Å². The van der Waals surface area contributed by atoms with Crippen LogP contribution in [0.4, 0.5) is 0 Å². The third kappa shape index (κ3) is 4.07. The third-order valence-electron chi connectivity index (χ3n) is 6.45. The molecular weight excluding hydrogens is 376 g/mol. The van der Waals surface area contributed by atoms with E-state index in [2.05, 4.69) is 6.07 Å². The van der Waals surface area contributed by atoms with Gasteiger partial charge in [-0.05, 0) is 37.1 Å². The molecule has 0 saturated carbocycles. The summed E-state index contributed by atoms with van der Waals surface area (Å²) in [5.41, 5.74) is 2.65. The van der Waals surface area contributed by atoms with Crippen molar-refractivity contribution in [3.05, 3.63) is 65.2 Å². The van der Waals surface area contributed by atoms with Gasteiger partial charge in [-0.1, -0.05) is 35.9 Å². The Kier molecular flexibility index (Phi) is 5.54. The van der Waals surface area contributed by atoms with E-state index in [1.54, 1.807) is 19.0 Å². The van der Waals surface area contributed by atoms with E-state index in [-0.39, 0.29) is 23.3 Å². The fourth-order valence-electron chi connectivity index (χ4n) is 4.70. The number of carbonyl (C=O) groups excluding carboxylic acids is 2. The van der Waals surface area contributed by atoms with Gasteiger partial charge in [0.25, 0.3) is 5.91 Å². The van der Waals surface area contributed by atoms with E-state index in [1.807, 2.05) is 54.3 Å². The van der Waals surface area contributed by atoms with Crippen molar-refractivity contribution in [1.82, 2.24) is 9.80 Å². The van der Waals surface area contributed by atoms with E-state index in [9.17, 15) is 9.59 Å². The number of carbonyl (C=O) groups is 2. The topological polar surface area (TPSA) is 49.9 Å². The summed E-state index contributed by atoms with van der Waals surface area (Å²) in [4.78, 5) is 29.0. The van der Waals surface area contributed by atoms with Crippen molar-refractivity contribution in [2.24, 2.45) is 0 Å². The predicted octanol–water partition coefficient (Wildman–Crippen LogP) is 4.01. The molecule has 0 bridgehead atoms. The molecule has 2 aromatic rings. The maximum atomic E-state index is 12.9. The first-order chi connectivity index (χ1) is 14.4. The Bertz CT molecular complexity index is 945. The van der Waals surface area contributed by atoms with Gasteiger partial charge in [-0.15, -0.1) is 0 Å². The Morgan fingerprint density at radius 2 is 1.83 bits per heavy atom. The lowest BCUT2D eigenvalue weighted by Crippen LogP contribution is -2.52. The fourth-order valence-corrected chi connectivity index (χ4v) is 4.70. The SMILES string of the molecule is Cc1cccc(C(=O)N2CCC3(CC2)C[C@H](CC(=O)N(C)C)c2ccccc2O3)c1. The average molecular weight is 407 g/mol. The van der Waals surface area contributed by atoms with Crippen LogP contribution >= 0.6 is 0 Å². The summed E-state index contributed by atoms with van der Waals surface area (Å²) >= 11 is 0. The molecule has 1 spiro atoms. The van der Waals surface area contributed by atoms with Gasteiger partial charge in [0, 0.05) is 57.9 Å². The van der Waals surface area contributed by atoms with Gasteiger partial charge in [0.05, 0.1) is 0 Å². The van der Waals surface area contributed by atoms with Gasteiger partial charge < -0.3 is 14.5 Å². The first kappa shape index (κ1) is 20.5. The number of aryl methyl sites for hydroxylation is 1. The Morgan fingerprint density at radius 3 is 2.53 bits per heavy atom. The number of likely N-dealkylation sites (tertiary alicyclic amines) is 1. The van der Waals surface area contributed by atoms with Crippen LogP contribution in [0.5, 0.6) is 5.75 Å². The van der Waals surface area contributed by atoms with Gasteiger partial charge in [0.2, 0.25) is 5.91 Å². The summed E-state index contributed by atoms with van der Waals surface area (Å²) in [5.74, 6) is 1.26. The number of para-hydroxylation sites is 1. The van der Waals surface area contributed by atoms with Crippen molar-refractivity contribution in [2.45, 2.75) is 44.1 Å². The quantitative estimate of drug-likeness (QED) is 0.774. The highest BCUT2D eigenvalue weighted by Gasteiger charge is 2.44. The molecule has 2 aliphatic heterocycles. The molecular formula is C25H30N2O3. The maximum Gasteiger partial charge on any atom is 0.253 e. The van der Waals surface area contributed by atoms with Gasteiger partial charge in [-0.2, -0.15) is 0 Å². The van der Waals surface area contributed by atoms with E-state index >= 15 is 0 Å². The van der Waals surface area contributed by atoms with Crippen LogP contribution in [0.3, 0.4) is 0 Å². The normalized spacial score (nSPS) is 19.7. The molecule has 1 fully saturated rings. The first-order valence-corrected chi connectivity index (χ1v) is 10.7. The molecule has 158 valence electrons. The third-order valence-corrected chi connectivity index (χ3v) is 6.45. The number of rotatable bonds is 3. The second-order valence-electron chi connectivity index (χ2n) is 8.88. The minimum atomic E-state index is -0.311. The zero-order valence-electron chi connectivity index (χ0n) is 18.1. The molecule has 1 atom stereocenters. The van der Waals surface area contributed by atoms with Gasteiger partial charge in [-0.3, -0.25) is 9.59 Å². The number of benzene rings is 2. The molecule has 2 amide bonds. The molecule has 2 aliphatic rings. The van der Waals surface area contributed by atoms with Crippen molar-refractivity contribution in [1.29, 1.82) is 0 Å². The standard InChI is InChI=1S/C25H30N2O3/c1-18-7-6-8-19(15-18)24(29)27-13-11-25(12-14-27)17-20(16-23(28)26(2)3)21-9-4-5-10-22(21)30-25/h4-10,15,20H,11-14,16-17H2,1-3H3/t20-/m0/s1. The Balaban J connectivity index is 1.50. The van der Waals surface area contributed by atoms with E-state index in [0.29, 0.717) is 19.5 Å². The molecule has 5 nitrogen and oxygen atoms in total. The highest BCUT2D eigenvalue weighted by molar-refractivity contribution is 5.94. The number of amides is 2. The maximum absolute atomic E-state index is 12.9. The van der Waals surface area contributed by atoms with Crippen LogP contribution in [0.2, 0.25) is 0 Å². The van der Waals surface area contributed by atoms with Gasteiger partial charge in [-0.25, -0.2) is 0 Å². The molecule has 2 aromatic carbocycles. The molecule has 1 saturated heterocycles. The Morgan fingerprint density at radius 1 is 1.10 bits per heavy atom. The summed E-state index contributed by atoms with van der Waals surface area (Å²) in [7, 11) is 3.61. The van der Waals surface area contributed by atoms with Gasteiger partial charge in [0.15, 0.2) is 0 Å². The van der Waals surface area contributed by atoms with Crippen molar-refractivity contribution < 1.29 is 14.3 Å². The second kappa shape index (κ2) is 8.13. The molecule has 0 aliphatic carbocycles. The second-order valence-corrected chi connectivity index (χ2v) is 8.88. The number of ether oxygens (including phenoxy) is 1. The van der Waals surface area contributed by atoms with Crippen molar-refractivity contribution in [3.63, 3.8) is 0 Å². The highest BCUT2D eigenvalue weighted by atomic mass is 16.5. The molecule has 0 unspecified atom stereocenters. The minimum absolute atomic E-state index is 0.0871. The Labute approximate surface area is 178 Å². The lowest BCUT2D eigenvalue weighted by Gasteiger charge is -2.47. The molecule has 2 heterocycles. The molecule has 0 radical (unpaired) electrons. The summed E-state index contributed by atoms with van der Waals surface area (Å²) < 4.78 is 6.52. The van der Waals surface area contributed by atoms with Crippen LogP contribution in [0.25, 0.3) is 0 Å². The van der Waals surface area contributed by atoms with Crippen molar-refractivity contribution in [2.75, 3.05) is 27.2 Å². The zero-order chi connectivity index (χ0) is 21.3. The molecule has 4 rings (SSSR count). The van der Waals surface area contributed by atoms with Crippen LogP contribution in [0.15, 0.2) is 48.5 Å². The smallest absolute Gasteiger partial charge is 0.253 e. The number of piperidine rings is 1. The fraction of sp³-hybridized carbons (Fsp3) is 0.440. The molecule has 0 N–H and O–H groups in total.